The number of carbonyl (C=O) groups excluding carboxylic acids is 3. The van der Waals surface area contributed by atoms with E-state index in [1.165, 1.54) is 12.1 Å². The Kier molecular flexibility index (Phi) is 7.12. The average Bonchev–Trinajstić information content (AvgIpc) is 3.63. The molecule has 1 atom stereocenters. The van der Waals surface area contributed by atoms with Crippen LogP contribution in [0, 0.1) is 5.82 Å². The average molecular weight is 464 g/mol. The largest absolute Gasteiger partial charge is 0.466 e. The molecule has 0 spiro atoms. The number of aromatic nitrogens is 1. The van der Waals surface area contributed by atoms with E-state index in [1.54, 1.807) is 19.1 Å². The van der Waals surface area contributed by atoms with Crippen LogP contribution in [0.25, 0.3) is 22.0 Å². The van der Waals surface area contributed by atoms with Gasteiger partial charge in [0.15, 0.2) is 5.78 Å². The Bertz CT molecular complexity index is 1230. The number of aliphatic hydroxyl groups is 1. The van der Waals surface area contributed by atoms with Crippen molar-refractivity contribution in [2.24, 2.45) is 0 Å². The first-order chi connectivity index (χ1) is 16.4. The summed E-state index contributed by atoms with van der Waals surface area (Å²) in [5.74, 6) is -1.89. The number of benzene rings is 2. The SMILES string of the molecule is CCOC(=O)CC(=O)CC(=O)CC(O)c1c(C2CC2)nc2ccccc2c1-c1ccc(F)cc1. The van der Waals surface area contributed by atoms with Gasteiger partial charge in [-0.05, 0) is 49.1 Å². The Labute approximate surface area is 196 Å². The van der Waals surface area contributed by atoms with Gasteiger partial charge >= 0.3 is 5.97 Å². The van der Waals surface area contributed by atoms with Crippen LogP contribution in [-0.2, 0) is 19.1 Å². The summed E-state index contributed by atoms with van der Waals surface area (Å²) in [4.78, 5) is 41.0. The fraction of sp³-hybridized carbons (Fsp3) is 0.333. The molecule has 1 unspecified atom stereocenters. The second-order valence-corrected chi connectivity index (χ2v) is 8.54. The monoisotopic (exact) mass is 463 g/mol. The second kappa shape index (κ2) is 10.2. The lowest BCUT2D eigenvalue weighted by Crippen LogP contribution is -2.17. The molecule has 0 saturated heterocycles. The van der Waals surface area contributed by atoms with Crippen molar-refractivity contribution in [1.29, 1.82) is 0 Å². The number of fused-ring (bicyclic) bond motifs is 1. The zero-order chi connectivity index (χ0) is 24.2. The van der Waals surface area contributed by atoms with E-state index in [1.807, 2.05) is 24.3 Å². The molecule has 1 N–H and O–H groups in total. The van der Waals surface area contributed by atoms with Gasteiger partial charge in [0.2, 0.25) is 0 Å². The summed E-state index contributed by atoms with van der Waals surface area (Å²) in [6.07, 6.45) is -0.554. The Balaban J connectivity index is 1.69. The van der Waals surface area contributed by atoms with Crippen LogP contribution in [0.1, 0.15) is 62.3 Å². The summed E-state index contributed by atoms with van der Waals surface area (Å²) in [5, 5.41) is 12.0. The number of hydrogen-bond donors (Lipinski definition) is 1. The van der Waals surface area contributed by atoms with Gasteiger partial charge in [-0.2, -0.15) is 0 Å². The molecule has 4 rings (SSSR count). The van der Waals surface area contributed by atoms with E-state index in [-0.39, 0.29) is 24.8 Å². The van der Waals surface area contributed by atoms with Gasteiger partial charge in [-0.15, -0.1) is 0 Å². The number of ether oxygens (including phenoxy) is 1. The highest BCUT2D eigenvalue weighted by Crippen LogP contribution is 2.47. The number of rotatable bonds is 10. The number of nitrogens with zero attached hydrogens (tertiary/aromatic N) is 1. The predicted molar refractivity (Wildman–Crippen MR) is 125 cm³/mol. The number of Topliss-reactive ketones (excluding diaryl/α,β-unsaturated/α-hetero) is 2. The fourth-order valence-electron chi connectivity index (χ4n) is 4.22. The van der Waals surface area contributed by atoms with Gasteiger partial charge < -0.3 is 9.84 Å². The van der Waals surface area contributed by atoms with Gasteiger partial charge in [-0.1, -0.05) is 30.3 Å². The molecule has 2 aromatic carbocycles. The molecule has 1 fully saturated rings. The first-order valence-corrected chi connectivity index (χ1v) is 11.4. The van der Waals surface area contributed by atoms with Crippen LogP contribution in [-0.4, -0.2) is 34.2 Å². The second-order valence-electron chi connectivity index (χ2n) is 8.54. The third kappa shape index (κ3) is 5.37. The van der Waals surface area contributed by atoms with Crippen LogP contribution in [0.5, 0.6) is 0 Å². The molecule has 1 saturated carbocycles. The van der Waals surface area contributed by atoms with Crippen LogP contribution in [0.15, 0.2) is 48.5 Å². The highest BCUT2D eigenvalue weighted by molar-refractivity contribution is 6.06. The summed E-state index contributed by atoms with van der Waals surface area (Å²) in [6.45, 7) is 1.79. The molecule has 1 heterocycles. The maximum atomic E-state index is 13.7. The van der Waals surface area contributed by atoms with Crippen molar-refractivity contribution in [2.75, 3.05) is 6.61 Å². The van der Waals surface area contributed by atoms with Crippen molar-refractivity contribution in [3.63, 3.8) is 0 Å². The molecule has 34 heavy (non-hydrogen) atoms. The number of ketones is 2. The van der Waals surface area contributed by atoms with E-state index >= 15 is 0 Å². The lowest BCUT2D eigenvalue weighted by Gasteiger charge is -2.21. The highest BCUT2D eigenvalue weighted by atomic mass is 19.1. The van der Waals surface area contributed by atoms with Crippen LogP contribution in [0.3, 0.4) is 0 Å². The Morgan fingerprint density at radius 1 is 1.06 bits per heavy atom. The predicted octanol–water partition coefficient (Wildman–Crippen LogP) is 4.82. The maximum absolute atomic E-state index is 13.7. The van der Waals surface area contributed by atoms with E-state index in [2.05, 4.69) is 0 Å². The zero-order valence-corrected chi connectivity index (χ0v) is 18.9. The number of aliphatic hydroxyl groups excluding tert-OH is 1. The Hall–Kier alpha value is -3.45. The summed E-state index contributed by atoms with van der Waals surface area (Å²) >= 11 is 0. The maximum Gasteiger partial charge on any atom is 0.313 e. The molecule has 176 valence electrons. The summed E-state index contributed by atoms with van der Waals surface area (Å²) in [7, 11) is 0. The molecular formula is C27H26FNO5. The molecule has 0 radical (unpaired) electrons. The third-order valence-corrected chi connectivity index (χ3v) is 5.85. The highest BCUT2D eigenvalue weighted by Gasteiger charge is 2.33. The van der Waals surface area contributed by atoms with Gasteiger partial charge in [-0.25, -0.2) is 4.39 Å². The molecule has 1 aromatic heterocycles. The first-order valence-electron chi connectivity index (χ1n) is 11.4. The molecule has 6 nitrogen and oxygen atoms in total. The van der Waals surface area contributed by atoms with Crippen LogP contribution >= 0.6 is 0 Å². The Morgan fingerprint density at radius 3 is 2.44 bits per heavy atom. The van der Waals surface area contributed by atoms with Crippen LogP contribution < -0.4 is 0 Å². The molecular weight excluding hydrogens is 437 g/mol. The van der Waals surface area contributed by atoms with E-state index in [0.29, 0.717) is 16.7 Å². The minimum Gasteiger partial charge on any atom is -0.466 e. The van der Waals surface area contributed by atoms with Crippen LogP contribution in [0.4, 0.5) is 4.39 Å². The van der Waals surface area contributed by atoms with Crippen molar-refractivity contribution < 1.29 is 28.6 Å². The van der Waals surface area contributed by atoms with Gasteiger partial charge in [-0.3, -0.25) is 19.4 Å². The van der Waals surface area contributed by atoms with E-state index in [0.717, 1.165) is 29.4 Å². The topological polar surface area (TPSA) is 93.6 Å². The third-order valence-electron chi connectivity index (χ3n) is 5.85. The van der Waals surface area contributed by atoms with Crippen molar-refractivity contribution >= 4 is 28.4 Å². The molecule has 0 aliphatic heterocycles. The zero-order valence-electron chi connectivity index (χ0n) is 18.9. The van der Waals surface area contributed by atoms with Gasteiger partial charge in [0.05, 0.1) is 30.3 Å². The molecule has 1 aliphatic carbocycles. The van der Waals surface area contributed by atoms with E-state index in [9.17, 15) is 23.9 Å². The van der Waals surface area contributed by atoms with Gasteiger partial charge in [0, 0.05) is 23.3 Å². The number of halogens is 1. The Morgan fingerprint density at radius 2 is 1.76 bits per heavy atom. The molecule has 1 aliphatic rings. The number of pyridine rings is 1. The van der Waals surface area contributed by atoms with Crippen molar-refractivity contribution in [1.82, 2.24) is 4.98 Å². The fourth-order valence-corrected chi connectivity index (χ4v) is 4.22. The summed E-state index contributed by atoms with van der Waals surface area (Å²) in [6, 6.07) is 13.5. The smallest absolute Gasteiger partial charge is 0.313 e. The minimum atomic E-state index is -1.20. The molecule has 0 amide bonds. The summed E-state index contributed by atoms with van der Waals surface area (Å²) in [5.41, 5.74) is 3.46. The van der Waals surface area contributed by atoms with Crippen molar-refractivity contribution in [3.05, 3.63) is 65.6 Å². The van der Waals surface area contributed by atoms with Crippen molar-refractivity contribution in [3.8, 4) is 11.1 Å². The molecule has 3 aromatic rings. The number of esters is 1. The van der Waals surface area contributed by atoms with E-state index in [4.69, 9.17) is 9.72 Å². The first kappa shape index (κ1) is 23.7. The normalized spacial score (nSPS) is 14.1. The number of hydrogen-bond acceptors (Lipinski definition) is 6. The van der Waals surface area contributed by atoms with Gasteiger partial charge in [0.25, 0.3) is 0 Å². The van der Waals surface area contributed by atoms with Crippen LogP contribution in [0.2, 0.25) is 0 Å². The van der Waals surface area contributed by atoms with Crippen molar-refractivity contribution in [2.45, 2.75) is 51.0 Å². The summed E-state index contributed by atoms with van der Waals surface area (Å²) < 4.78 is 18.4. The van der Waals surface area contributed by atoms with Gasteiger partial charge in [0.1, 0.15) is 18.0 Å². The number of carbonyl (C=O) groups is 3. The lowest BCUT2D eigenvalue weighted by molar-refractivity contribution is -0.145. The van der Waals surface area contributed by atoms with E-state index < -0.39 is 36.5 Å². The molecule has 7 heteroatoms. The molecule has 0 bridgehead atoms. The number of para-hydroxylation sites is 1. The standard InChI is InChI=1S/C27H26FNO5/c1-2-34-24(33)15-20(31)13-19(30)14-23(32)26-25(16-9-11-18(28)12-10-16)21-5-3-4-6-22(21)29-27(26)17-7-8-17/h3-6,9-12,17,23,32H,2,7-8,13-15H2,1H3. The quantitative estimate of drug-likeness (QED) is 0.342. The lowest BCUT2D eigenvalue weighted by atomic mass is 9.88. The minimum absolute atomic E-state index is 0.157.